The Bertz CT molecular complexity index is 1490. The number of thioether (sulfide) groups is 1. The molecule has 0 spiro atoms. The van der Waals surface area contributed by atoms with Crippen molar-refractivity contribution in [2.75, 3.05) is 17.2 Å². The van der Waals surface area contributed by atoms with Crippen LogP contribution < -0.4 is 10.5 Å². The maximum atomic E-state index is 13.5. The van der Waals surface area contributed by atoms with Crippen molar-refractivity contribution in [3.05, 3.63) is 94.0 Å². The van der Waals surface area contributed by atoms with Crippen molar-refractivity contribution in [2.24, 2.45) is 0 Å². The molecule has 0 aliphatic rings. The second kappa shape index (κ2) is 10.5. The van der Waals surface area contributed by atoms with E-state index in [4.69, 9.17) is 10.2 Å². The Balaban J connectivity index is 1.71. The number of benzene rings is 3. The van der Waals surface area contributed by atoms with Gasteiger partial charge in [-0.25, -0.2) is 9.37 Å². The highest BCUT2D eigenvalue weighted by molar-refractivity contribution is 7.99. The zero-order valence-corrected chi connectivity index (χ0v) is 20.2. The summed E-state index contributed by atoms with van der Waals surface area (Å²) in [6.45, 7) is 4.15. The molecule has 0 fully saturated rings. The van der Waals surface area contributed by atoms with Gasteiger partial charge in [0.15, 0.2) is 5.16 Å². The highest BCUT2D eigenvalue weighted by atomic mass is 32.2. The Morgan fingerprint density at radius 3 is 2.54 bits per heavy atom. The Morgan fingerprint density at radius 1 is 1.09 bits per heavy atom. The van der Waals surface area contributed by atoms with Gasteiger partial charge in [0.05, 0.1) is 34.8 Å². The zero-order valence-electron chi connectivity index (χ0n) is 19.4. The molecule has 0 unspecified atom stereocenters. The number of halogens is 1. The predicted molar refractivity (Wildman–Crippen MR) is 137 cm³/mol. The number of carbonyl (C=O) groups excluding carboxylic acids is 1. The van der Waals surface area contributed by atoms with Gasteiger partial charge in [-0.15, -0.1) is 0 Å². The van der Waals surface area contributed by atoms with Crippen molar-refractivity contribution in [2.45, 2.75) is 25.4 Å². The fraction of sp³-hybridized carbons (Fsp3) is 0.185. The van der Waals surface area contributed by atoms with E-state index in [-0.39, 0.29) is 30.2 Å². The molecular weight excluding hydrogens is 463 g/mol. The number of amides is 1. The van der Waals surface area contributed by atoms with Gasteiger partial charge in [0.2, 0.25) is 5.91 Å². The summed E-state index contributed by atoms with van der Waals surface area (Å²) >= 11 is 1.15. The van der Waals surface area contributed by atoms with E-state index in [0.29, 0.717) is 27.4 Å². The number of nitriles is 1. The van der Waals surface area contributed by atoms with E-state index in [9.17, 15) is 14.0 Å². The van der Waals surface area contributed by atoms with Crippen molar-refractivity contribution in [1.29, 1.82) is 5.26 Å². The van der Waals surface area contributed by atoms with Crippen LogP contribution in [0.1, 0.15) is 17.5 Å². The Kier molecular flexibility index (Phi) is 7.28. The molecule has 0 atom stereocenters. The lowest BCUT2D eigenvalue weighted by Gasteiger charge is -2.22. The lowest BCUT2D eigenvalue weighted by Crippen LogP contribution is -2.33. The van der Waals surface area contributed by atoms with Crippen molar-refractivity contribution < 1.29 is 9.18 Å². The van der Waals surface area contributed by atoms with Crippen LogP contribution in [-0.4, -0.2) is 27.8 Å². The van der Waals surface area contributed by atoms with Crippen LogP contribution in [0, 0.1) is 31.0 Å². The average Bonchev–Trinajstić information content (AvgIpc) is 2.86. The Labute approximate surface area is 206 Å². The smallest absolute Gasteiger partial charge is 0.266 e. The number of carbonyl (C=O) groups is 1. The van der Waals surface area contributed by atoms with Crippen LogP contribution in [0.4, 0.5) is 10.1 Å². The van der Waals surface area contributed by atoms with Crippen LogP contribution in [0.2, 0.25) is 0 Å². The van der Waals surface area contributed by atoms with E-state index in [1.165, 1.54) is 33.7 Å². The number of aromatic nitrogens is 2. The summed E-state index contributed by atoms with van der Waals surface area (Å²) in [5.41, 5.74) is 3.65. The minimum absolute atomic E-state index is 0.0154. The number of hydrogen-bond acceptors (Lipinski definition) is 5. The summed E-state index contributed by atoms with van der Waals surface area (Å²) < 4.78 is 14.9. The Hall–Kier alpha value is -3.96. The molecule has 4 rings (SSSR count). The van der Waals surface area contributed by atoms with Gasteiger partial charge in [0.1, 0.15) is 5.82 Å². The summed E-state index contributed by atoms with van der Waals surface area (Å²) in [7, 11) is 0. The number of anilines is 1. The largest absolute Gasteiger partial charge is 0.311 e. The monoisotopic (exact) mass is 486 g/mol. The third kappa shape index (κ3) is 5.26. The van der Waals surface area contributed by atoms with Gasteiger partial charge in [0, 0.05) is 12.2 Å². The molecule has 3 aromatic carbocycles. The van der Waals surface area contributed by atoms with Gasteiger partial charge in [-0.1, -0.05) is 30.0 Å². The van der Waals surface area contributed by atoms with E-state index in [0.717, 1.165) is 22.9 Å². The molecule has 176 valence electrons. The van der Waals surface area contributed by atoms with E-state index >= 15 is 0 Å². The van der Waals surface area contributed by atoms with Crippen LogP contribution in [0.3, 0.4) is 0 Å². The maximum absolute atomic E-state index is 13.5. The molecule has 6 nitrogen and oxygen atoms in total. The van der Waals surface area contributed by atoms with Crippen molar-refractivity contribution in [3.63, 3.8) is 0 Å². The SMILES string of the molecule is Cc1ccc(-n2c(SCC(=O)N(CCC#N)c3ccc(F)cc3)nc3ccccc3c2=O)cc1C. The van der Waals surface area contributed by atoms with Gasteiger partial charge >= 0.3 is 0 Å². The van der Waals surface area contributed by atoms with Gasteiger partial charge < -0.3 is 4.90 Å². The van der Waals surface area contributed by atoms with Gasteiger partial charge in [0.25, 0.3) is 5.56 Å². The van der Waals surface area contributed by atoms with E-state index in [1.807, 2.05) is 44.2 Å². The highest BCUT2D eigenvalue weighted by Gasteiger charge is 2.19. The van der Waals surface area contributed by atoms with E-state index in [1.54, 1.807) is 18.2 Å². The lowest BCUT2D eigenvalue weighted by molar-refractivity contribution is -0.116. The molecule has 0 aliphatic carbocycles. The number of nitrogens with zero attached hydrogens (tertiary/aromatic N) is 4. The van der Waals surface area contributed by atoms with Crippen molar-refractivity contribution in [3.8, 4) is 11.8 Å². The molecule has 0 saturated carbocycles. The van der Waals surface area contributed by atoms with E-state index in [2.05, 4.69) is 0 Å². The predicted octanol–water partition coefficient (Wildman–Crippen LogP) is 5.18. The van der Waals surface area contributed by atoms with Crippen LogP contribution in [0.15, 0.2) is 76.7 Å². The molecule has 4 aromatic rings. The highest BCUT2D eigenvalue weighted by Crippen LogP contribution is 2.24. The van der Waals surface area contributed by atoms with E-state index < -0.39 is 5.82 Å². The molecule has 1 amide bonds. The number of fused-ring (bicyclic) bond motifs is 1. The fourth-order valence-corrected chi connectivity index (χ4v) is 4.58. The number of rotatable bonds is 7. The molecule has 0 radical (unpaired) electrons. The molecule has 0 aliphatic heterocycles. The van der Waals surface area contributed by atoms with Crippen LogP contribution in [0.5, 0.6) is 0 Å². The molecule has 8 heteroatoms. The number of para-hydroxylation sites is 1. The molecule has 0 saturated heterocycles. The Morgan fingerprint density at radius 2 is 1.83 bits per heavy atom. The van der Waals surface area contributed by atoms with Crippen molar-refractivity contribution in [1.82, 2.24) is 9.55 Å². The zero-order chi connectivity index (χ0) is 24.9. The van der Waals surface area contributed by atoms with Gasteiger partial charge in [-0.2, -0.15) is 5.26 Å². The summed E-state index contributed by atoms with van der Waals surface area (Å²) in [5, 5.41) is 9.91. The third-order valence-corrected chi connectivity index (χ3v) is 6.63. The summed E-state index contributed by atoms with van der Waals surface area (Å²) in [5.74, 6) is -0.696. The second-order valence-corrected chi connectivity index (χ2v) is 8.98. The van der Waals surface area contributed by atoms with Crippen LogP contribution >= 0.6 is 11.8 Å². The lowest BCUT2D eigenvalue weighted by atomic mass is 10.1. The molecule has 35 heavy (non-hydrogen) atoms. The topological polar surface area (TPSA) is 79.0 Å². The first-order valence-electron chi connectivity index (χ1n) is 11.0. The number of aryl methyl sites for hydroxylation is 2. The molecule has 1 heterocycles. The van der Waals surface area contributed by atoms with Crippen LogP contribution in [0.25, 0.3) is 16.6 Å². The van der Waals surface area contributed by atoms with Gasteiger partial charge in [-0.3, -0.25) is 14.2 Å². The molecular formula is C27H23FN4O2S. The molecule has 1 aromatic heterocycles. The van der Waals surface area contributed by atoms with Crippen LogP contribution in [-0.2, 0) is 4.79 Å². The first kappa shape index (κ1) is 24.2. The minimum atomic E-state index is -0.409. The summed E-state index contributed by atoms with van der Waals surface area (Å²) in [6.07, 6.45) is 0.134. The first-order valence-corrected chi connectivity index (χ1v) is 12.0. The van der Waals surface area contributed by atoms with Crippen molar-refractivity contribution >= 4 is 34.3 Å². The normalized spacial score (nSPS) is 10.8. The first-order chi connectivity index (χ1) is 16.9. The molecule has 0 bridgehead atoms. The summed E-state index contributed by atoms with van der Waals surface area (Å²) in [6, 6.07) is 20.5. The quantitative estimate of drug-likeness (QED) is 0.266. The average molecular weight is 487 g/mol. The third-order valence-electron chi connectivity index (χ3n) is 5.70. The molecule has 0 N–H and O–H groups in total. The summed E-state index contributed by atoms with van der Waals surface area (Å²) in [4.78, 5) is 32.8. The minimum Gasteiger partial charge on any atom is -0.311 e. The maximum Gasteiger partial charge on any atom is 0.266 e. The number of hydrogen-bond donors (Lipinski definition) is 0. The second-order valence-electron chi connectivity index (χ2n) is 8.04. The van der Waals surface area contributed by atoms with Gasteiger partial charge in [-0.05, 0) is 73.5 Å². The standard InChI is InChI=1S/C27H23FN4O2S/c1-18-8-11-22(16-19(18)2)32-26(34)23-6-3-4-7-24(23)30-27(32)35-17-25(33)31(15-5-14-29)21-12-9-20(28)10-13-21/h3-4,6-13,16H,5,15,17H2,1-2H3. The fourth-order valence-electron chi connectivity index (χ4n) is 3.69.